The average molecular weight is 312 g/mol. The van der Waals surface area contributed by atoms with Gasteiger partial charge in [-0.3, -0.25) is 0 Å². The SMILES string of the molecule is CC(C)C1CC(NCc2ccccc2)CC(C(C)C)O1.Cl. The first-order valence-corrected chi connectivity index (χ1v) is 7.99. The van der Waals surface area contributed by atoms with Gasteiger partial charge in [0.2, 0.25) is 0 Å². The Morgan fingerprint density at radius 2 is 1.52 bits per heavy atom. The molecule has 0 radical (unpaired) electrons. The van der Waals surface area contributed by atoms with Crippen LogP contribution in [0, 0.1) is 11.8 Å². The lowest BCUT2D eigenvalue weighted by Crippen LogP contribution is -2.46. The van der Waals surface area contributed by atoms with Crippen molar-refractivity contribution in [2.75, 3.05) is 0 Å². The molecular weight excluding hydrogens is 282 g/mol. The van der Waals surface area contributed by atoms with Gasteiger partial charge in [-0.2, -0.15) is 0 Å². The van der Waals surface area contributed by atoms with Gasteiger partial charge in [0.1, 0.15) is 0 Å². The summed E-state index contributed by atoms with van der Waals surface area (Å²) in [5, 5.41) is 3.73. The molecule has 2 unspecified atom stereocenters. The number of benzene rings is 1. The molecule has 1 fully saturated rings. The zero-order chi connectivity index (χ0) is 14.5. The summed E-state index contributed by atoms with van der Waals surface area (Å²) in [6, 6.07) is 11.2. The molecule has 2 rings (SSSR count). The fourth-order valence-electron chi connectivity index (χ4n) is 2.88. The van der Waals surface area contributed by atoms with E-state index in [-0.39, 0.29) is 12.4 Å². The maximum Gasteiger partial charge on any atom is 0.0616 e. The van der Waals surface area contributed by atoms with Gasteiger partial charge in [-0.1, -0.05) is 58.0 Å². The lowest BCUT2D eigenvalue weighted by atomic mass is 9.88. The highest BCUT2D eigenvalue weighted by Gasteiger charge is 2.32. The second kappa shape index (κ2) is 8.77. The largest absolute Gasteiger partial charge is 0.374 e. The lowest BCUT2D eigenvalue weighted by molar-refractivity contribution is -0.0995. The predicted octanol–water partition coefficient (Wildman–Crippen LogP) is 4.43. The van der Waals surface area contributed by atoms with Gasteiger partial charge in [0.15, 0.2) is 0 Å². The third-order valence-electron chi connectivity index (χ3n) is 4.31. The highest BCUT2D eigenvalue weighted by molar-refractivity contribution is 5.85. The van der Waals surface area contributed by atoms with Gasteiger partial charge in [-0.05, 0) is 30.2 Å². The van der Waals surface area contributed by atoms with E-state index in [1.54, 1.807) is 0 Å². The molecule has 2 atom stereocenters. The van der Waals surface area contributed by atoms with Crippen LogP contribution in [0.15, 0.2) is 30.3 Å². The second-order valence-electron chi connectivity index (χ2n) is 6.74. The lowest BCUT2D eigenvalue weighted by Gasteiger charge is -2.39. The third-order valence-corrected chi connectivity index (χ3v) is 4.31. The van der Waals surface area contributed by atoms with Crippen LogP contribution in [0.5, 0.6) is 0 Å². The minimum atomic E-state index is 0. The average Bonchev–Trinajstić information content (AvgIpc) is 2.45. The van der Waals surface area contributed by atoms with Crippen LogP contribution in [0.3, 0.4) is 0 Å². The van der Waals surface area contributed by atoms with Crippen molar-refractivity contribution in [1.29, 1.82) is 0 Å². The molecule has 1 aliphatic rings. The van der Waals surface area contributed by atoms with Gasteiger partial charge in [-0.15, -0.1) is 12.4 Å². The van der Waals surface area contributed by atoms with E-state index in [1.807, 2.05) is 0 Å². The molecule has 2 nitrogen and oxygen atoms in total. The van der Waals surface area contributed by atoms with Crippen LogP contribution >= 0.6 is 12.4 Å². The fourth-order valence-corrected chi connectivity index (χ4v) is 2.88. The van der Waals surface area contributed by atoms with Crippen LogP contribution < -0.4 is 5.32 Å². The Morgan fingerprint density at radius 3 is 2.00 bits per heavy atom. The molecule has 1 aliphatic heterocycles. The summed E-state index contributed by atoms with van der Waals surface area (Å²) in [4.78, 5) is 0. The summed E-state index contributed by atoms with van der Waals surface area (Å²) in [5.74, 6) is 1.19. The van der Waals surface area contributed by atoms with Crippen molar-refractivity contribution in [3.63, 3.8) is 0 Å². The molecule has 1 heterocycles. The highest BCUT2D eigenvalue weighted by Crippen LogP contribution is 2.28. The van der Waals surface area contributed by atoms with E-state index in [1.165, 1.54) is 5.56 Å². The van der Waals surface area contributed by atoms with Crippen molar-refractivity contribution in [3.8, 4) is 0 Å². The molecular formula is C18H30ClNO. The number of ether oxygens (including phenoxy) is 1. The second-order valence-corrected chi connectivity index (χ2v) is 6.74. The van der Waals surface area contributed by atoms with Gasteiger partial charge in [0.05, 0.1) is 12.2 Å². The minimum Gasteiger partial charge on any atom is -0.374 e. The Balaban J connectivity index is 0.00000220. The maximum absolute atomic E-state index is 6.25. The van der Waals surface area contributed by atoms with E-state index in [0.717, 1.165) is 19.4 Å². The number of hydrogen-bond acceptors (Lipinski definition) is 2. The van der Waals surface area contributed by atoms with Crippen LogP contribution in [0.25, 0.3) is 0 Å². The molecule has 3 heteroatoms. The van der Waals surface area contributed by atoms with Gasteiger partial charge < -0.3 is 10.1 Å². The van der Waals surface area contributed by atoms with E-state index in [2.05, 4.69) is 63.3 Å². The highest BCUT2D eigenvalue weighted by atomic mass is 35.5. The molecule has 21 heavy (non-hydrogen) atoms. The molecule has 1 aromatic carbocycles. The number of halogens is 1. The predicted molar refractivity (Wildman–Crippen MR) is 91.9 cm³/mol. The molecule has 1 N–H and O–H groups in total. The van der Waals surface area contributed by atoms with Crippen LogP contribution in [0.1, 0.15) is 46.1 Å². The van der Waals surface area contributed by atoms with Crippen LogP contribution in [0.4, 0.5) is 0 Å². The molecule has 0 bridgehead atoms. The van der Waals surface area contributed by atoms with E-state index in [0.29, 0.717) is 30.1 Å². The monoisotopic (exact) mass is 311 g/mol. The summed E-state index contributed by atoms with van der Waals surface area (Å²) < 4.78 is 6.25. The molecule has 0 aromatic heterocycles. The third kappa shape index (κ3) is 5.61. The zero-order valence-corrected chi connectivity index (χ0v) is 14.5. The molecule has 0 saturated carbocycles. The minimum absolute atomic E-state index is 0. The van der Waals surface area contributed by atoms with Crippen molar-refractivity contribution >= 4 is 12.4 Å². The van der Waals surface area contributed by atoms with Gasteiger partial charge in [0.25, 0.3) is 0 Å². The van der Waals surface area contributed by atoms with E-state index in [4.69, 9.17) is 4.74 Å². The quantitative estimate of drug-likeness (QED) is 0.868. The van der Waals surface area contributed by atoms with Crippen LogP contribution in [0.2, 0.25) is 0 Å². The number of hydrogen-bond donors (Lipinski definition) is 1. The molecule has 0 spiro atoms. The van der Waals surface area contributed by atoms with Gasteiger partial charge in [-0.25, -0.2) is 0 Å². The molecule has 0 amide bonds. The number of nitrogens with one attached hydrogen (secondary N) is 1. The van der Waals surface area contributed by atoms with Crippen molar-refractivity contribution in [1.82, 2.24) is 5.32 Å². The summed E-state index contributed by atoms with van der Waals surface area (Å²) in [5.41, 5.74) is 1.36. The molecule has 1 saturated heterocycles. The molecule has 1 aromatic rings. The summed E-state index contributed by atoms with van der Waals surface area (Å²) in [7, 11) is 0. The van der Waals surface area contributed by atoms with Crippen molar-refractivity contribution in [3.05, 3.63) is 35.9 Å². The first kappa shape index (κ1) is 18.5. The maximum atomic E-state index is 6.25. The van der Waals surface area contributed by atoms with Crippen molar-refractivity contribution in [2.45, 2.75) is 65.3 Å². The van der Waals surface area contributed by atoms with Crippen LogP contribution in [-0.2, 0) is 11.3 Å². The molecule has 0 aliphatic carbocycles. The number of rotatable bonds is 5. The molecule has 120 valence electrons. The Kier molecular flexibility index (Phi) is 7.72. The zero-order valence-electron chi connectivity index (χ0n) is 13.7. The van der Waals surface area contributed by atoms with E-state index in [9.17, 15) is 0 Å². The van der Waals surface area contributed by atoms with Gasteiger partial charge >= 0.3 is 0 Å². The van der Waals surface area contributed by atoms with E-state index >= 15 is 0 Å². The summed E-state index contributed by atoms with van der Waals surface area (Å²) >= 11 is 0. The van der Waals surface area contributed by atoms with E-state index < -0.39 is 0 Å². The topological polar surface area (TPSA) is 21.3 Å². The Morgan fingerprint density at radius 1 is 1.00 bits per heavy atom. The Labute approximate surface area is 136 Å². The fraction of sp³-hybridized carbons (Fsp3) is 0.667. The van der Waals surface area contributed by atoms with Crippen molar-refractivity contribution in [2.24, 2.45) is 11.8 Å². The Bertz CT molecular complexity index is 377. The normalized spacial score (nSPS) is 25.9. The van der Waals surface area contributed by atoms with Crippen LogP contribution in [-0.4, -0.2) is 18.2 Å². The smallest absolute Gasteiger partial charge is 0.0616 e. The first-order chi connectivity index (χ1) is 9.56. The summed E-state index contributed by atoms with van der Waals surface area (Å²) in [6.45, 7) is 10.0. The standard InChI is InChI=1S/C18H29NO.ClH/c1-13(2)17-10-16(11-18(20-17)14(3)4)19-12-15-8-6-5-7-9-15;/h5-9,13-14,16-19H,10-12H2,1-4H3;1H. The Hall–Kier alpha value is -0.570. The van der Waals surface area contributed by atoms with Gasteiger partial charge in [0, 0.05) is 12.6 Å². The first-order valence-electron chi connectivity index (χ1n) is 7.99. The summed E-state index contributed by atoms with van der Waals surface area (Å²) in [6.07, 6.45) is 3.05. The van der Waals surface area contributed by atoms with Crippen molar-refractivity contribution < 1.29 is 4.74 Å².